The minimum atomic E-state index is 0.0226. The van der Waals surface area contributed by atoms with Crippen LogP contribution in [-0.4, -0.2) is 24.8 Å². The van der Waals surface area contributed by atoms with Crippen molar-refractivity contribution in [3.8, 4) is 28.4 Å². The zero-order valence-corrected chi connectivity index (χ0v) is 15.9. The van der Waals surface area contributed by atoms with Crippen LogP contribution in [0.5, 0.6) is 17.2 Å². The average molecular weight is 373 g/mol. The predicted octanol–water partition coefficient (Wildman–Crippen LogP) is 5.04. The molecule has 1 unspecified atom stereocenters. The highest BCUT2D eigenvalue weighted by Crippen LogP contribution is 2.37. The molecule has 3 aromatic rings. The Morgan fingerprint density at radius 1 is 0.857 bits per heavy atom. The molecule has 0 fully saturated rings. The molecule has 1 atom stereocenters. The van der Waals surface area contributed by atoms with Crippen molar-refractivity contribution in [3.63, 3.8) is 0 Å². The normalized spacial score (nSPS) is 18.2. The Balaban J connectivity index is 1.42. The van der Waals surface area contributed by atoms with Crippen molar-refractivity contribution in [1.29, 1.82) is 0 Å². The minimum Gasteiger partial charge on any atom is -0.484 e. The Bertz CT molecular complexity index is 983. The van der Waals surface area contributed by atoms with Crippen LogP contribution >= 0.6 is 0 Å². The predicted molar refractivity (Wildman–Crippen MR) is 109 cm³/mol. The van der Waals surface area contributed by atoms with Gasteiger partial charge >= 0.3 is 0 Å². The van der Waals surface area contributed by atoms with Crippen molar-refractivity contribution in [2.24, 2.45) is 0 Å². The molecule has 4 heteroatoms. The molecule has 0 radical (unpaired) electrons. The summed E-state index contributed by atoms with van der Waals surface area (Å²) >= 11 is 0. The van der Waals surface area contributed by atoms with Gasteiger partial charge in [0.25, 0.3) is 0 Å². The maximum absolute atomic E-state index is 6.40. The fourth-order valence-electron chi connectivity index (χ4n) is 3.86. The molecule has 0 N–H and O–H groups in total. The van der Waals surface area contributed by atoms with Gasteiger partial charge in [-0.05, 0) is 41.4 Å². The van der Waals surface area contributed by atoms with Crippen molar-refractivity contribution in [2.75, 3.05) is 19.9 Å². The fraction of sp³-hybridized carbons (Fsp3) is 0.250. The van der Waals surface area contributed by atoms with Crippen molar-refractivity contribution in [1.82, 2.24) is 4.90 Å². The number of benzene rings is 3. The van der Waals surface area contributed by atoms with E-state index in [0.717, 1.165) is 48.0 Å². The molecule has 0 spiro atoms. The second-order valence-electron chi connectivity index (χ2n) is 7.23. The van der Waals surface area contributed by atoms with E-state index in [4.69, 9.17) is 14.2 Å². The lowest BCUT2D eigenvalue weighted by molar-refractivity contribution is 0.152. The summed E-state index contributed by atoms with van der Waals surface area (Å²) in [5.41, 5.74) is 4.73. The molecule has 3 aromatic carbocycles. The van der Waals surface area contributed by atoms with Crippen molar-refractivity contribution in [2.45, 2.75) is 19.6 Å². The Morgan fingerprint density at radius 2 is 1.64 bits per heavy atom. The summed E-state index contributed by atoms with van der Waals surface area (Å²) in [6, 6.07) is 23.1. The van der Waals surface area contributed by atoms with Crippen LogP contribution in [-0.2, 0) is 6.54 Å². The highest BCUT2D eigenvalue weighted by Gasteiger charge is 2.23. The third kappa shape index (κ3) is 3.20. The Hall–Kier alpha value is -2.98. The van der Waals surface area contributed by atoms with Gasteiger partial charge < -0.3 is 14.2 Å². The zero-order valence-electron chi connectivity index (χ0n) is 15.9. The van der Waals surface area contributed by atoms with E-state index in [-0.39, 0.29) is 6.10 Å². The van der Waals surface area contributed by atoms with E-state index in [1.54, 1.807) is 0 Å². The van der Waals surface area contributed by atoms with E-state index >= 15 is 0 Å². The first kappa shape index (κ1) is 17.1. The molecule has 2 aliphatic rings. The van der Waals surface area contributed by atoms with Gasteiger partial charge in [0.2, 0.25) is 6.79 Å². The van der Waals surface area contributed by atoms with Gasteiger partial charge in [-0.2, -0.15) is 0 Å². The van der Waals surface area contributed by atoms with Crippen molar-refractivity contribution in [3.05, 3.63) is 77.9 Å². The summed E-state index contributed by atoms with van der Waals surface area (Å²) in [5, 5.41) is 0. The van der Waals surface area contributed by atoms with Crippen LogP contribution in [0.15, 0.2) is 66.7 Å². The van der Waals surface area contributed by atoms with E-state index < -0.39 is 0 Å². The van der Waals surface area contributed by atoms with Crippen LogP contribution in [0.2, 0.25) is 0 Å². The van der Waals surface area contributed by atoms with E-state index in [1.807, 2.05) is 18.2 Å². The Labute approximate surface area is 165 Å². The fourth-order valence-corrected chi connectivity index (χ4v) is 3.86. The van der Waals surface area contributed by atoms with E-state index in [0.29, 0.717) is 6.79 Å². The second kappa shape index (κ2) is 7.21. The first-order valence-electron chi connectivity index (χ1n) is 9.77. The lowest BCUT2D eigenvalue weighted by Crippen LogP contribution is -2.27. The monoisotopic (exact) mass is 373 g/mol. The highest BCUT2D eigenvalue weighted by atomic mass is 16.7. The summed E-state index contributed by atoms with van der Waals surface area (Å²) in [5.74, 6) is 2.61. The van der Waals surface area contributed by atoms with Crippen LogP contribution in [0.4, 0.5) is 0 Å². The lowest BCUT2D eigenvalue weighted by Gasteiger charge is -2.23. The molecule has 0 aliphatic carbocycles. The minimum absolute atomic E-state index is 0.0226. The average Bonchev–Trinajstić information content (AvgIpc) is 3.13. The molecule has 28 heavy (non-hydrogen) atoms. The van der Waals surface area contributed by atoms with Gasteiger partial charge in [0, 0.05) is 18.7 Å². The highest BCUT2D eigenvalue weighted by molar-refractivity contribution is 5.67. The van der Waals surface area contributed by atoms with Gasteiger partial charge in [-0.3, -0.25) is 4.90 Å². The standard InChI is InChI=1S/C24H23NO3/c1-2-25-14-20-5-3-4-6-21(20)28-24(15-25)18-9-7-17(8-10-18)19-11-12-22-23(13-19)27-16-26-22/h3-13,24H,2,14-16H2,1H3. The molecule has 0 saturated heterocycles. The lowest BCUT2D eigenvalue weighted by atomic mass is 10.0. The van der Waals surface area contributed by atoms with Crippen molar-refractivity contribution < 1.29 is 14.2 Å². The molecule has 2 heterocycles. The quantitative estimate of drug-likeness (QED) is 0.644. The summed E-state index contributed by atoms with van der Waals surface area (Å²) < 4.78 is 17.3. The molecule has 5 rings (SSSR count). The third-order valence-corrected chi connectivity index (χ3v) is 5.50. The number of hydrogen-bond donors (Lipinski definition) is 0. The van der Waals surface area contributed by atoms with E-state index in [2.05, 4.69) is 60.4 Å². The van der Waals surface area contributed by atoms with Gasteiger partial charge in [-0.1, -0.05) is 55.5 Å². The van der Waals surface area contributed by atoms with Gasteiger partial charge in [0.15, 0.2) is 11.5 Å². The number of fused-ring (bicyclic) bond motifs is 2. The maximum Gasteiger partial charge on any atom is 0.231 e. The number of para-hydroxylation sites is 1. The molecule has 0 saturated carbocycles. The van der Waals surface area contributed by atoms with Crippen LogP contribution in [0, 0.1) is 0 Å². The van der Waals surface area contributed by atoms with Gasteiger partial charge in [-0.25, -0.2) is 0 Å². The number of likely N-dealkylation sites (N-methyl/N-ethyl adjacent to an activating group) is 1. The van der Waals surface area contributed by atoms with Crippen LogP contribution in [0.1, 0.15) is 24.2 Å². The first-order chi connectivity index (χ1) is 13.8. The molecule has 142 valence electrons. The molecule has 0 aromatic heterocycles. The van der Waals surface area contributed by atoms with E-state index in [9.17, 15) is 0 Å². The van der Waals surface area contributed by atoms with Crippen LogP contribution < -0.4 is 14.2 Å². The zero-order chi connectivity index (χ0) is 18.9. The molecule has 0 amide bonds. The molecular weight excluding hydrogens is 350 g/mol. The summed E-state index contributed by atoms with van der Waals surface area (Å²) in [7, 11) is 0. The van der Waals surface area contributed by atoms with E-state index in [1.165, 1.54) is 11.1 Å². The third-order valence-electron chi connectivity index (χ3n) is 5.50. The largest absolute Gasteiger partial charge is 0.484 e. The number of hydrogen-bond acceptors (Lipinski definition) is 4. The maximum atomic E-state index is 6.40. The Kier molecular flexibility index (Phi) is 4.41. The Morgan fingerprint density at radius 3 is 2.50 bits per heavy atom. The van der Waals surface area contributed by atoms with Gasteiger partial charge in [-0.15, -0.1) is 0 Å². The summed E-state index contributed by atoms with van der Waals surface area (Å²) in [6.07, 6.45) is 0.0226. The topological polar surface area (TPSA) is 30.9 Å². The molecule has 0 bridgehead atoms. The first-order valence-corrected chi connectivity index (χ1v) is 9.77. The summed E-state index contributed by atoms with van der Waals surface area (Å²) in [6.45, 7) is 5.32. The molecule has 2 aliphatic heterocycles. The number of rotatable bonds is 3. The van der Waals surface area contributed by atoms with Gasteiger partial charge in [0.1, 0.15) is 11.9 Å². The van der Waals surface area contributed by atoms with Crippen molar-refractivity contribution >= 4 is 0 Å². The molecule has 4 nitrogen and oxygen atoms in total. The number of nitrogens with zero attached hydrogens (tertiary/aromatic N) is 1. The van der Waals surface area contributed by atoms with Gasteiger partial charge in [0.05, 0.1) is 0 Å². The van der Waals surface area contributed by atoms with Crippen LogP contribution in [0.3, 0.4) is 0 Å². The summed E-state index contributed by atoms with van der Waals surface area (Å²) in [4.78, 5) is 2.43. The number of ether oxygens (including phenoxy) is 3. The smallest absolute Gasteiger partial charge is 0.231 e. The SMILES string of the molecule is CCN1Cc2ccccc2OC(c2ccc(-c3ccc4c(c3)OCO4)cc2)C1. The second-order valence-corrected chi connectivity index (χ2v) is 7.23. The molecular formula is C24H23NO3. The van der Waals surface area contributed by atoms with Crippen LogP contribution in [0.25, 0.3) is 11.1 Å².